The number of nitrogens with zero attached hydrogens (tertiary/aromatic N) is 3. The number of carbonyl (C=O) groups excluding carboxylic acids is 1. The van der Waals surface area contributed by atoms with Gasteiger partial charge in [0.2, 0.25) is 21.8 Å². The van der Waals surface area contributed by atoms with Crippen molar-refractivity contribution in [2.24, 2.45) is 0 Å². The number of carbonyl (C=O) groups is 1. The zero-order valence-corrected chi connectivity index (χ0v) is 19.5. The molecule has 4 rings (SSSR count). The number of rotatable bonds is 7. The number of nitrogens with one attached hydrogen (secondary N) is 1. The van der Waals surface area contributed by atoms with E-state index in [9.17, 15) is 17.6 Å². The Labute approximate surface area is 198 Å². The van der Waals surface area contributed by atoms with Crippen LogP contribution in [0, 0.1) is 12.7 Å². The van der Waals surface area contributed by atoms with Gasteiger partial charge in [-0.3, -0.25) is 9.69 Å². The van der Waals surface area contributed by atoms with Gasteiger partial charge >= 0.3 is 0 Å². The van der Waals surface area contributed by atoms with Crippen molar-refractivity contribution >= 4 is 21.6 Å². The quantitative estimate of drug-likeness (QED) is 0.554. The highest BCUT2D eigenvalue weighted by atomic mass is 32.2. The number of aryl methyl sites for hydroxylation is 1. The molecule has 1 saturated heterocycles. The molecular formula is C24H25FN4O4S. The van der Waals surface area contributed by atoms with Crippen LogP contribution >= 0.6 is 0 Å². The smallest absolute Gasteiger partial charge is 0.243 e. The van der Waals surface area contributed by atoms with E-state index < -0.39 is 10.0 Å². The van der Waals surface area contributed by atoms with Gasteiger partial charge < -0.3 is 10.1 Å². The van der Waals surface area contributed by atoms with Crippen LogP contribution in [0.3, 0.4) is 0 Å². The lowest BCUT2D eigenvalue weighted by Gasteiger charge is -2.33. The van der Waals surface area contributed by atoms with E-state index in [4.69, 9.17) is 4.74 Å². The molecule has 0 atom stereocenters. The van der Waals surface area contributed by atoms with E-state index in [0.717, 1.165) is 5.56 Å². The average Bonchev–Trinajstić information content (AvgIpc) is 2.82. The summed E-state index contributed by atoms with van der Waals surface area (Å²) in [7, 11) is -3.54. The molecule has 1 aliphatic rings. The molecular weight excluding hydrogens is 459 g/mol. The van der Waals surface area contributed by atoms with Crippen molar-refractivity contribution in [3.05, 3.63) is 78.2 Å². The summed E-state index contributed by atoms with van der Waals surface area (Å²) in [6.07, 6.45) is 1.48. The van der Waals surface area contributed by atoms with Crippen LogP contribution in [0.5, 0.6) is 11.6 Å². The predicted octanol–water partition coefficient (Wildman–Crippen LogP) is 3.27. The predicted molar refractivity (Wildman–Crippen MR) is 126 cm³/mol. The number of halogens is 1. The number of ether oxygens (including phenoxy) is 1. The van der Waals surface area contributed by atoms with Crippen molar-refractivity contribution in [3.63, 3.8) is 0 Å². The van der Waals surface area contributed by atoms with E-state index in [1.807, 2.05) is 11.8 Å². The summed E-state index contributed by atoms with van der Waals surface area (Å²) >= 11 is 0. The average molecular weight is 485 g/mol. The zero-order chi connectivity index (χ0) is 24.1. The summed E-state index contributed by atoms with van der Waals surface area (Å²) in [5.74, 6) is 0.196. The molecule has 1 amide bonds. The summed E-state index contributed by atoms with van der Waals surface area (Å²) in [6, 6.07) is 15.7. The van der Waals surface area contributed by atoms with Crippen LogP contribution < -0.4 is 10.1 Å². The van der Waals surface area contributed by atoms with Crippen LogP contribution in [0.4, 0.5) is 10.1 Å². The fourth-order valence-corrected chi connectivity index (χ4v) is 4.95. The maximum absolute atomic E-state index is 13.0. The van der Waals surface area contributed by atoms with Crippen LogP contribution in [0.1, 0.15) is 5.56 Å². The molecule has 0 bridgehead atoms. The van der Waals surface area contributed by atoms with Gasteiger partial charge in [0, 0.05) is 32.2 Å². The second-order valence-corrected chi connectivity index (χ2v) is 9.92. The fourth-order valence-electron chi connectivity index (χ4n) is 3.53. The molecule has 8 nitrogen and oxygen atoms in total. The summed E-state index contributed by atoms with van der Waals surface area (Å²) in [5.41, 5.74) is 1.51. The number of amides is 1. The fraction of sp³-hybridized carbons (Fsp3) is 0.250. The minimum Gasteiger partial charge on any atom is -0.439 e. The van der Waals surface area contributed by atoms with Crippen molar-refractivity contribution in [2.75, 3.05) is 38.0 Å². The molecule has 10 heteroatoms. The minimum absolute atomic E-state index is 0.145. The van der Waals surface area contributed by atoms with Gasteiger partial charge in [0.05, 0.1) is 23.3 Å². The third-order valence-electron chi connectivity index (χ3n) is 5.41. The van der Waals surface area contributed by atoms with E-state index in [-0.39, 0.29) is 23.2 Å². The molecule has 3 aromatic rings. The van der Waals surface area contributed by atoms with E-state index in [1.165, 1.54) is 34.8 Å². The Kier molecular flexibility index (Phi) is 7.20. The molecule has 0 saturated carbocycles. The molecule has 1 N–H and O–H groups in total. The van der Waals surface area contributed by atoms with E-state index >= 15 is 0 Å². The number of sulfonamides is 1. The SMILES string of the molecule is Cc1ccc(S(=O)(=O)N2CCN(CC(=O)Nc3ccc(Oc4ccc(F)cc4)nc3)CC2)cc1. The molecule has 1 aromatic heterocycles. The molecule has 34 heavy (non-hydrogen) atoms. The van der Waals surface area contributed by atoms with Crippen molar-refractivity contribution in [2.45, 2.75) is 11.8 Å². The van der Waals surface area contributed by atoms with Gasteiger partial charge in [0.15, 0.2) is 0 Å². The third kappa shape index (κ3) is 5.96. The molecule has 0 unspecified atom stereocenters. The molecule has 0 spiro atoms. The van der Waals surface area contributed by atoms with Crippen LogP contribution in [0.15, 0.2) is 71.8 Å². The first-order valence-corrected chi connectivity index (χ1v) is 12.2. The number of pyridine rings is 1. The molecule has 1 fully saturated rings. The van der Waals surface area contributed by atoms with Gasteiger partial charge in [0.25, 0.3) is 0 Å². The lowest BCUT2D eigenvalue weighted by molar-refractivity contribution is -0.117. The highest BCUT2D eigenvalue weighted by Gasteiger charge is 2.29. The number of hydrogen-bond acceptors (Lipinski definition) is 6. The van der Waals surface area contributed by atoms with Gasteiger partial charge in [-0.05, 0) is 49.4 Å². The number of aromatic nitrogens is 1. The largest absolute Gasteiger partial charge is 0.439 e. The lowest BCUT2D eigenvalue weighted by Crippen LogP contribution is -2.50. The first-order valence-electron chi connectivity index (χ1n) is 10.8. The van der Waals surface area contributed by atoms with Gasteiger partial charge in [0.1, 0.15) is 11.6 Å². The number of piperazine rings is 1. The zero-order valence-electron chi connectivity index (χ0n) is 18.6. The topological polar surface area (TPSA) is 91.8 Å². The van der Waals surface area contributed by atoms with Gasteiger partial charge in [-0.25, -0.2) is 17.8 Å². The second-order valence-electron chi connectivity index (χ2n) is 7.98. The number of benzene rings is 2. The van der Waals surface area contributed by atoms with Crippen LogP contribution in [-0.4, -0.2) is 61.2 Å². The van der Waals surface area contributed by atoms with Crippen molar-refractivity contribution in [1.29, 1.82) is 0 Å². The second kappa shape index (κ2) is 10.3. The highest BCUT2D eigenvalue weighted by molar-refractivity contribution is 7.89. The summed E-state index contributed by atoms with van der Waals surface area (Å²) in [4.78, 5) is 18.8. The van der Waals surface area contributed by atoms with Crippen LogP contribution in [-0.2, 0) is 14.8 Å². The molecule has 1 aliphatic heterocycles. The monoisotopic (exact) mass is 484 g/mol. The Morgan fingerprint density at radius 3 is 2.29 bits per heavy atom. The number of anilines is 1. The van der Waals surface area contributed by atoms with Gasteiger partial charge in [-0.2, -0.15) is 4.31 Å². The van der Waals surface area contributed by atoms with E-state index in [1.54, 1.807) is 36.4 Å². The first-order chi connectivity index (χ1) is 16.3. The first kappa shape index (κ1) is 23.8. The van der Waals surface area contributed by atoms with Gasteiger partial charge in [-0.15, -0.1) is 0 Å². The van der Waals surface area contributed by atoms with Crippen LogP contribution in [0.2, 0.25) is 0 Å². The maximum Gasteiger partial charge on any atom is 0.243 e. The molecule has 0 aliphatic carbocycles. The van der Waals surface area contributed by atoms with Gasteiger partial charge in [-0.1, -0.05) is 17.7 Å². The normalized spacial score (nSPS) is 15.1. The Hall–Kier alpha value is -3.34. The molecule has 2 aromatic carbocycles. The van der Waals surface area contributed by atoms with Crippen molar-refractivity contribution in [3.8, 4) is 11.6 Å². The highest BCUT2D eigenvalue weighted by Crippen LogP contribution is 2.21. The Balaban J connectivity index is 1.25. The Morgan fingerprint density at radius 2 is 1.68 bits per heavy atom. The molecule has 0 radical (unpaired) electrons. The summed E-state index contributed by atoms with van der Waals surface area (Å²) in [6.45, 7) is 3.61. The standard InChI is InChI=1S/C24H25FN4O4S/c1-18-2-9-22(10-3-18)34(31,32)29-14-12-28(13-15-29)17-23(30)27-20-6-11-24(26-16-20)33-21-7-4-19(25)5-8-21/h2-11,16H,12-15,17H2,1H3,(H,27,30). The van der Waals surface area contributed by atoms with Crippen molar-refractivity contribution in [1.82, 2.24) is 14.2 Å². The van der Waals surface area contributed by atoms with Crippen molar-refractivity contribution < 1.29 is 22.3 Å². The Bertz CT molecular complexity index is 1230. The van der Waals surface area contributed by atoms with E-state index in [2.05, 4.69) is 10.3 Å². The summed E-state index contributed by atoms with van der Waals surface area (Å²) < 4.78 is 45.6. The minimum atomic E-state index is -3.54. The van der Waals surface area contributed by atoms with E-state index in [0.29, 0.717) is 43.5 Å². The number of hydrogen-bond donors (Lipinski definition) is 1. The van der Waals surface area contributed by atoms with Crippen LogP contribution in [0.25, 0.3) is 0 Å². The third-order valence-corrected chi connectivity index (χ3v) is 7.33. The molecule has 2 heterocycles. The lowest BCUT2D eigenvalue weighted by atomic mass is 10.2. The Morgan fingerprint density at radius 1 is 1.00 bits per heavy atom. The maximum atomic E-state index is 13.0. The molecule has 178 valence electrons. The summed E-state index contributed by atoms with van der Waals surface area (Å²) in [5, 5.41) is 2.78.